The monoisotopic (exact) mass is 394 g/mol. The standard InChI is InChI=1S/C22H26N4O3/c1-14-3-6-20(23-12-14)24-21(28)16-7-9-25(10-8-16)22(29)18-13-26(17-4-5-17)15(2)11-19(18)27/h3,6,11-13,16-17H,4-5,7-10H2,1-2H3,(H,23,24,28). The number of aryl methyl sites for hydroxylation is 2. The quantitative estimate of drug-likeness (QED) is 0.864. The third kappa shape index (κ3) is 4.23. The predicted molar refractivity (Wildman–Crippen MR) is 110 cm³/mol. The Bertz CT molecular complexity index is 984. The second-order valence-electron chi connectivity index (χ2n) is 8.11. The van der Waals surface area contributed by atoms with E-state index in [4.69, 9.17) is 0 Å². The highest BCUT2D eigenvalue weighted by Gasteiger charge is 2.30. The summed E-state index contributed by atoms with van der Waals surface area (Å²) < 4.78 is 2.05. The lowest BCUT2D eigenvalue weighted by molar-refractivity contribution is -0.121. The van der Waals surface area contributed by atoms with Crippen molar-refractivity contribution in [3.05, 3.63) is 57.6 Å². The number of amides is 2. The molecule has 152 valence electrons. The summed E-state index contributed by atoms with van der Waals surface area (Å²) in [4.78, 5) is 43.7. The Balaban J connectivity index is 1.38. The first kappa shape index (κ1) is 19.4. The van der Waals surface area contributed by atoms with Crippen molar-refractivity contribution in [3.63, 3.8) is 0 Å². The molecule has 0 spiro atoms. The first-order valence-corrected chi connectivity index (χ1v) is 10.2. The van der Waals surface area contributed by atoms with Gasteiger partial charge < -0.3 is 14.8 Å². The fraction of sp³-hybridized carbons (Fsp3) is 0.455. The van der Waals surface area contributed by atoms with Crippen molar-refractivity contribution < 1.29 is 9.59 Å². The van der Waals surface area contributed by atoms with E-state index in [2.05, 4.69) is 10.3 Å². The molecule has 0 radical (unpaired) electrons. The molecule has 1 N–H and O–H groups in total. The molecule has 4 rings (SSSR count). The van der Waals surface area contributed by atoms with Crippen LogP contribution in [0.2, 0.25) is 0 Å². The highest BCUT2D eigenvalue weighted by atomic mass is 16.2. The number of carbonyl (C=O) groups excluding carboxylic acids is 2. The maximum atomic E-state index is 12.9. The zero-order chi connectivity index (χ0) is 20.5. The van der Waals surface area contributed by atoms with E-state index >= 15 is 0 Å². The molecule has 0 bridgehead atoms. The van der Waals surface area contributed by atoms with Crippen molar-refractivity contribution in [2.45, 2.75) is 45.6 Å². The lowest BCUT2D eigenvalue weighted by atomic mass is 9.95. The average Bonchev–Trinajstić information content (AvgIpc) is 3.54. The Kier molecular flexibility index (Phi) is 5.22. The van der Waals surface area contributed by atoms with E-state index in [1.165, 1.54) is 0 Å². The molecule has 2 aromatic heterocycles. The van der Waals surface area contributed by atoms with E-state index in [9.17, 15) is 14.4 Å². The Labute approximate surface area is 169 Å². The van der Waals surface area contributed by atoms with Crippen LogP contribution in [0.25, 0.3) is 0 Å². The summed E-state index contributed by atoms with van der Waals surface area (Å²) in [5.74, 6) is 0.0750. The van der Waals surface area contributed by atoms with Crippen molar-refractivity contribution in [3.8, 4) is 0 Å². The Hall–Kier alpha value is -2.96. The maximum absolute atomic E-state index is 12.9. The number of anilines is 1. The van der Waals surface area contributed by atoms with Gasteiger partial charge in [0, 0.05) is 49.2 Å². The van der Waals surface area contributed by atoms with Gasteiger partial charge in [0.1, 0.15) is 11.4 Å². The summed E-state index contributed by atoms with van der Waals surface area (Å²) in [6, 6.07) is 5.65. The van der Waals surface area contributed by atoms with Crippen molar-refractivity contribution in [1.29, 1.82) is 0 Å². The van der Waals surface area contributed by atoms with Gasteiger partial charge in [0.2, 0.25) is 5.91 Å². The molecule has 1 saturated carbocycles. The lowest BCUT2D eigenvalue weighted by Crippen LogP contribution is -2.43. The van der Waals surface area contributed by atoms with E-state index in [0.717, 1.165) is 24.1 Å². The lowest BCUT2D eigenvalue weighted by Gasteiger charge is -2.31. The number of piperidine rings is 1. The van der Waals surface area contributed by atoms with Crippen molar-refractivity contribution in [2.24, 2.45) is 5.92 Å². The minimum atomic E-state index is -0.233. The molecule has 7 nitrogen and oxygen atoms in total. The van der Waals surface area contributed by atoms with Gasteiger partial charge in [-0.1, -0.05) is 6.07 Å². The predicted octanol–water partition coefficient (Wildman–Crippen LogP) is 2.69. The van der Waals surface area contributed by atoms with Gasteiger partial charge in [-0.15, -0.1) is 0 Å². The summed E-state index contributed by atoms with van der Waals surface area (Å²) >= 11 is 0. The second-order valence-corrected chi connectivity index (χ2v) is 8.11. The van der Waals surface area contributed by atoms with Crippen LogP contribution in [0.4, 0.5) is 5.82 Å². The molecule has 1 aliphatic heterocycles. The average molecular weight is 394 g/mol. The van der Waals surface area contributed by atoms with Crippen molar-refractivity contribution in [1.82, 2.24) is 14.5 Å². The molecule has 0 unspecified atom stereocenters. The van der Waals surface area contributed by atoms with Crippen LogP contribution in [0.15, 0.2) is 35.4 Å². The third-order valence-corrected chi connectivity index (χ3v) is 5.77. The molecule has 29 heavy (non-hydrogen) atoms. The summed E-state index contributed by atoms with van der Waals surface area (Å²) in [5, 5.41) is 2.85. The summed E-state index contributed by atoms with van der Waals surface area (Å²) in [6.07, 6.45) is 6.77. The van der Waals surface area contributed by atoms with Crippen LogP contribution in [0.1, 0.15) is 53.3 Å². The van der Waals surface area contributed by atoms with Crippen molar-refractivity contribution >= 4 is 17.6 Å². The van der Waals surface area contributed by atoms with Crippen LogP contribution in [-0.4, -0.2) is 39.4 Å². The largest absolute Gasteiger partial charge is 0.348 e. The van der Waals surface area contributed by atoms with Crippen LogP contribution in [0, 0.1) is 19.8 Å². The smallest absolute Gasteiger partial charge is 0.259 e. The van der Waals surface area contributed by atoms with Crippen LogP contribution in [0.5, 0.6) is 0 Å². The van der Waals surface area contributed by atoms with Crippen LogP contribution < -0.4 is 10.7 Å². The molecule has 2 aliphatic rings. The Morgan fingerprint density at radius 1 is 1.10 bits per heavy atom. The Morgan fingerprint density at radius 2 is 1.83 bits per heavy atom. The minimum Gasteiger partial charge on any atom is -0.348 e. The molecule has 1 aliphatic carbocycles. The van der Waals surface area contributed by atoms with Gasteiger partial charge in [0.05, 0.1) is 0 Å². The van der Waals surface area contributed by atoms with Gasteiger partial charge in [0.25, 0.3) is 5.91 Å². The number of aromatic nitrogens is 2. The molecule has 2 fully saturated rings. The van der Waals surface area contributed by atoms with Gasteiger partial charge in [-0.2, -0.15) is 0 Å². The Morgan fingerprint density at radius 3 is 2.45 bits per heavy atom. The highest BCUT2D eigenvalue weighted by molar-refractivity contribution is 5.95. The zero-order valence-corrected chi connectivity index (χ0v) is 16.9. The molecule has 2 amide bonds. The van der Waals surface area contributed by atoms with Gasteiger partial charge in [-0.3, -0.25) is 14.4 Å². The second kappa shape index (κ2) is 7.81. The number of rotatable bonds is 4. The number of hydrogen-bond acceptors (Lipinski definition) is 4. The molecule has 1 saturated heterocycles. The third-order valence-electron chi connectivity index (χ3n) is 5.77. The SMILES string of the molecule is Cc1ccc(NC(=O)C2CCN(C(=O)c3cn(C4CC4)c(C)cc3=O)CC2)nc1. The molecular formula is C22H26N4O3. The molecule has 0 aromatic carbocycles. The van der Waals surface area contributed by atoms with E-state index in [1.807, 2.05) is 24.5 Å². The number of carbonyl (C=O) groups is 2. The zero-order valence-electron chi connectivity index (χ0n) is 16.9. The fourth-order valence-electron chi connectivity index (χ4n) is 3.84. The number of nitrogens with one attached hydrogen (secondary N) is 1. The molecule has 2 aromatic rings. The first-order chi connectivity index (χ1) is 13.9. The van der Waals surface area contributed by atoms with E-state index in [-0.39, 0.29) is 28.7 Å². The van der Waals surface area contributed by atoms with E-state index in [1.54, 1.807) is 29.4 Å². The van der Waals surface area contributed by atoms with Crippen LogP contribution in [0.3, 0.4) is 0 Å². The first-order valence-electron chi connectivity index (χ1n) is 10.2. The normalized spacial score (nSPS) is 17.2. The topological polar surface area (TPSA) is 84.3 Å². The molecule has 0 atom stereocenters. The van der Waals surface area contributed by atoms with Crippen LogP contribution in [-0.2, 0) is 4.79 Å². The van der Waals surface area contributed by atoms with Gasteiger partial charge in [-0.25, -0.2) is 4.98 Å². The highest BCUT2D eigenvalue weighted by Crippen LogP contribution is 2.35. The number of likely N-dealkylation sites (tertiary alicyclic amines) is 1. The molecule has 7 heteroatoms. The summed E-state index contributed by atoms with van der Waals surface area (Å²) in [6.45, 7) is 4.78. The van der Waals surface area contributed by atoms with Crippen molar-refractivity contribution in [2.75, 3.05) is 18.4 Å². The van der Waals surface area contributed by atoms with Gasteiger partial charge in [-0.05, 0) is 51.2 Å². The van der Waals surface area contributed by atoms with Gasteiger partial charge >= 0.3 is 0 Å². The number of hydrogen-bond donors (Lipinski definition) is 1. The molecular weight excluding hydrogens is 368 g/mol. The van der Waals surface area contributed by atoms with E-state index in [0.29, 0.717) is 37.8 Å². The fourth-order valence-corrected chi connectivity index (χ4v) is 3.84. The van der Waals surface area contributed by atoms with Crippen LogP contribution >= 0.6 is 0 Å². The summed E-state index contributed by atoms with van der Waals surface area (Å²) in [7, 11) is 0. The molecule has 3 heterocycles. The number of nitrogens with zero attached hydrogens (tertiary/aromatic N) is 3. The van der Waals surface area contributed by atoms with Gasteiger partial charge in [0.15, 0.2) is 5.43 Å². The number of pyridine rings is 2. The minimum absolute atomic E-state index is 0.0696. The summed E-state index contributed by atoms with van der Waals surface area (Å²) in [5.41, 5.74) is 1.93. The van der Waals surface area contributed by atoms with E-state index < -0.39 is 0 Å². The maximum Gasteiger partial charge on any atom is 0.259 e.